The summed E-state index contributed by atoms with van der Waals surface area (Å²) in [6.07, 6.45) is 5.28. The van der Waals surface area contributed by atoms with Gasteiger partial charge in [-0.15, -0.1) is 11.8 Å². The maximum Gasteiger partial charge on any atom is 0.316 e. The van der Waals surface area contributed by atoms with Crippen molar-refractivity contribution in [1.82, 2.24) is 0 Å². The molecular weight excluding hydrogens is 232 g/mol. The van der Waals surface area contributed by atoms with Gasteiger partial charge in [-0.25, -0.2) is 0 Å². The SMILES string of the molecule is CCCCCCC(Sc1ccccc1)C(=O)O. The van der Waals surface area contributed by atoms with Gasteiger partial charge in [0.05, 0.1) is 0 Å². The standard InChI is InChI=1S/C14H20O2S/c1-2-3-4-8-11-13(14(15)16)17-12-9-6-5-7-10-12/h5-7,9-10,13H,2-4,8,11H2,1H3,(H,15,16). The van der Waals surface area contributed by atoms with Crippen LogP contribution >= 0.6 is 11.8 Å². The fraction of sp³-hybridized carbons (Fsp3) is 0.500. The highest BCUT2D eigenvalue weighted by Gasteiger charge is 2.17. The van der Waals surface area contributed by atoms with Crippen LogP contribution in [-0.2, 0) is 4.79 Å². The van der Waals surface area contributed by atoms with Crippen molar-refractivity contribution in [3.63, 3.8) is 0 Å². The zero-order valence-electron chi connectivity index (χ0n) is 10.3. The smallest absolute Gasteiger partial charge is 0.316 e. The van der Waals surface area contributed by atoms with Gasteiger partial charge in [0.1, 0.15) is 5.25 Å². The number of thioether (sulfide) groups is 1. The van der Waals surface area contributed by atoms with Crippen molar-refractivity contribution in [3.8, 4) is 0 Å². The van der Waals surface area contributed by atoms with Gasteiger partial charge in [-0.2, -0.15) is 0 Å². The molecule has 0 aliphatic heterocycles. The van der Waals surface area contributed by atoms with Gasteiger partial charge in [-0.3, -0.25) is 4.79 Å². The minimum Gasteiger partial charge on any atom is -0.480 e. The molecule has 0 amide bonds. The second-order valence-corrected chi connectivity index (χ2v) is 5.38. The molecule has 0 radical (unpaired) electrons. The average molecular weight is 252 g/mol. The molecule has 2 nitrogen and oxygen atoms in total. The fourth-order valence-electron chi connectivity index (χ4n) is 1.65. The summed E-state index contributed by atoms with van der Waals surface area (Å²) >= 11 is 1.46. The Morgan fingerprint density at radius 1 is 1.24 bits per heavy atom. The number of rotatable bonds is 8. The number of hydrogen-bond acceptors (Lipinski definition) is 2. The fourth-order valence-corrected chi connectivity index (χ4v) is 2.68. The van der Waals surface area contributed by atoms with E-state index in [0.717, 1.165) is 24.2 Å². The lowest BCUT2D eigenvalue weighted by Crippen LogP contribution is -2.16. The molecule has 17 heavy (non-hydrogen) atoms. The molecule has 1 atom stereocenters. The Morgan fingerprint density at radius 3 is 2.53 bits per heavy atom. The molecule has 1 unspecified atom stereocenters. The van der Waals surface area contributed by atoms with Crippen LogP contribution in [0.3, 0.4) is 0 Å². The summed E-state index contributed by atoms with van der Waals surface area (Å²) in [6.45, 7) is 2.16. The monoisotopic (exact) mass is 252 g/mol. The van der Waals surface area contributed by atoms with Gasteiger partial charge >= 0.3 is 5.97 Å². The van der Waals surface area contributed by atoms with Gasteiger partial charge in [0.15, 0.2) is 0 Å². The highest BCUT2D eigenvalue weighted by molar-refractivity contribution is 8.00. The van der Waals surface area contributed by atoms with Crippen LogP contribution in [-0.4, -0.2) is 16.3 Å². The second kappa shape index (κ2) is 8.18. The minimum atomic E-state index is -0.699. The Hall–Kier alpha value is -0.960. The van der Waals surface area contributed by atoms with Crippen LogP contribution in [0.15, 0.2) is 35.2 Å². The zero-order valence-corrected chi connectivity index (χ0v) is 11.1. The topological polar surface area (TPSA) is 37.3 Å². The molecule has 0 aromatic heterocycles. The summed E-state index contributed by atoms with van der Waals surface area (Å²) in [5.41, 5.74) is 0. The third kappa shape index (κ3) is 5.78. The molecule has 0 bridgehead atoms. The van der Waals surface area contributed by atoms with Crippen molar-refractivity contribution in [3.05, 3.63) is 30.3 Å². The first-order valence-corrected chi connectivity index (χ1v) is 7.06. The second-order valence-electron chi connectivity index (χ2n) is 4.11. The van der Waals surface area contributed by atoms with E-state index in [-0.39, 0.29) is 5.25 Å². The molecular formula is C14H20O2S. The maximum atomic E-state index is 11.1. The predicted octanol–water partition coefficient (Wildman–Crippen LogP) is 4.20. The van der Waals surface area contributed by atoms with Gasteiger partial charge in [-0.1, -0.05) is 50.8 Å². The Morgan fingerprint density at radius 2 is 1.94 bits per heavy atom. The third-order valence-electron chi connectivity index (χ3n) is 2.62. The van der Waals surface area contributed by atoms with Crippen LogP contribution in [0.1, 0.15) is 39.0 Å². The molecule has 0 aliphatic carbocycles. The molecule has 1 aromatic carbocycles. The number of benzene rings is 1. The van der Waals surface area contributed by atoms with E-state index in [0.29, 0.717) is 0 Å². The van der Waals surface area contributed by atoms with Crippen molar-refractivity contribution in [2.24, 2.45) is 0 Å². The first kappa shape index (κ1) is 14.1. The Bertz CT molecular complexity index is 324. The summed E-state index contributed by atoms with van der Waals surface area (Å²) in [4.78, 5) is 12.2. The largest absolute Gasteiger partial charge is 0.480 e. The molecule has 0 fully saturated rings. The van der Waals surface area contributed by atoms with Crippen LogP contribution in [0, 0.1) is 0 Å². The van der Waals surface area contributed by atoms with E-state index in [1.807, 2.05) is 30.3 Å². The van der Waals surface area contributed by atoms with Gasteiger partial charge < -0.3 is 5.11 Å². The van der Waals surface area contributed by atoms with Gasteiger partial charge in [0.2, 0.25) is 0 Å². The molecule has 1 rings (SSSR count). The average Bonchev–Trinajstić information content (AvgIpc) is 2.34. The molecule has 94 valence electrons. The maximum absolute atomic E-state index is 11.1. The van der Waals surface area contributed by atoms with E-state index < -0.39 is 5.97 Å². The number of carbonyl (C=O) groups is 1. The lowest BCUT2D eigenvalue weighted by atomic mass is 10.1. The van der Waals surface area contributed by atoms with Crippen LogP contribution in [0.4, 0.5) is 0 Å². The number of hydrogen-bond donors (Lipinski definition) is 1. The van der Waals surface area contributed by atoms with Gasteiger partial charge in [0, 0.05) is 4.90 Å². The summed E-state index contributed by atoms with van der Waals surface area (Å²) in [5.74, 6) is -0.699. The molecule has 0 heterocycles. The van der Waals surface area contributed by atoms with E-state index in [1.165, 1.54) is 24.6 Å². The minimum absolute atomic E-state index is 0.311. The third-order valence-corrected chi connectivity index (χ3v) is 3.88. The lowest BCUT2D eigenvalue weighted by Gasteiger charge is -2.11. The van der Waals surface area contributed by atoms with Crippen LogP contribution in [0.25, 0.3) is 0 Å². The van der Waals surface area contributed by atoms with E-state index in [1.54, 1.807) is 0 Å². The summed E-state index contributed by atoms with van der Waals surface area (Å²) in [6, 6.07) is 9.76. The Labute approximate surface area is 107 Å². The first-order valence-electron chi connectivity index (χ1n) is 6.18. The highest BCUT2D eigenvalue weighted by atomic mass is 32.2. The van der Waals surface area contributed by atoms with Crippen LogP contribution in [0.2, 0.25) is 0 Å². The molecule has 3 heteroatoms. The molecule has 1 aromatic rings. The number of carboxylic acids is 1. The molecule has 0 saturated carbocycles. The normalized spacial score (nSPS) is 12.3. The Balaban J connectivity index is 2.41. The molecule has 1 N–H and O–H groups in total. The van der Waals surface area contributed by atoms with E-state index in [9.17, 15) is 9.90 Å². The zero-order chi connectivity index (χ0) is 12.5. The highest BCUT2D eigenvalue weighted by Crippen LogP contribution is 2.26. The van der Waals surface area contributed by atoms with E-state index in [4.69, 9.17) is 0 Å². The Kier molecular flexibility index (Phi) is 6.78. The molecule has 0 saturated heterocycles. The quantitative estimate of drug-likeness (QED) is 0.556. The van der Waals surface area contributed by atoms with E-state index >= 15 is 0 Å². The molecule has 0 aliphatic rings. The number of carboxylic acid groups (broad SMARTS) is 1. The van der Waals surface area contributed by atoms with E-state index in [2.05, 4.69) is 6.92 Å². The molecule has 0 spiro atoms. The number of unbranched alkanes of at least 4 members (excludes halogenated alkanes) is 3. The predicted molar refractivity (Wildman–Crippen MR) is 72.5 cm³/mol. The number of aliphatic carboxylic acids is 1. The summed E-state index contributed by atoms with van der Waals surface area (Å²) in [5, 5.41) is 8.86. The first-order chi connectivity index (χ1) is 8.24. The van der Waals surface area contributed by atoms with Crippen molar-refractivity contribution in [1.29, 1.82) is 0 Å². The lowest BCUT2D eigenvalue weighted by molar-refractivity contribution is -0.136. The van der Waals surface area contributed by atoms with Crippen LogP contribution < -0.4 is 0 Å². The van der Waals surface area contributed by atoms with Crippen molar-refractivity contribution >= 4 is 17.7 Å². The van der Waals surface area contributed by atoms with Gasteiger partial charge in [0.25, 0.3) is 0 Å². The van der Waals surface area contributed by atoms with Crippen molar-refractivity contribution in [2.75, 3.05) is 0 Å². The van der Waals surface area contributed by atoms with Crippen molar-refractivity contribution in [2.45, 2.75) is 49.2 Å². The van der Waals surface area contributed by atoms with Gasteiger partial charge in [-0.05, 0) is 18.6 Å². The van der Waals surface area contributed by atoms with Crippen molar-refractivity contribution < 1.29 is 9.90 Å². The summed E-state index contributed by atoms with van der Waals surface area (Å²) in [7, 11) is 0. The van der Waals surface area contributed by atoms with Crippen LogP contribution in [0.5, 0.6) is 0 Å². The summed E-state index contributed by atoms with van der Waals surface area (Å²) < 4.78 is 0.